The summed E-state index contributed by atoms with van der Waals surface area (Å²) in [5, 5.41) is 6.87. The van der Waals surface area contributed by atoms with Crippen LogP contribution in [0.2, 0.25) is 5.02 Å². The molecule has 0 radical (unpaired) electrons. The molecular formula is C14H17ClN4O2. The third kappa shape index (κ3) is 3.46. The molecule has 0 aliphatic rings. The van der Waals surface area contributed by atoms with Crippen LogP contribution in [0.4, 0.5) is 17.3 Å². The van der Waals surface area contributed by atoms with Crippen molar-refractivity contribution in [2.24, 2.45) is 0 Å². The highest BCUT2D eigenvalue weighted by atomic mass is 35.5. The maximum atomic E-state index is 6.02. The topological polar surface area (TPSA) is 68.3 Å². The Bertz CT molecular complexity index is 622. The quantitative estimate of drug-likeness (QED) is 0.853. The standard InChI is InChI=1S/C14H17ClN4O2/c1-4-16-13-12(21-3)14(18-8-17-13)19-10-7-9(15)5-6-11(10)20-2/h5-8H,4H2,1-3H3,(H2,16,17,18,19). The maximum Gasteiger partial charge on any atom is 0.204 e. The van der Waals surface area contributed by atoms with Crippen LogP contribution in [0.25, 0.3) is 0 Å². The molecule has 0 amide bonds. The van der Waals surface area contributed by atoms with E-state index < -0.39 is 0 Å². The number of benzene rings is 1. The minimum absolute atomic E-state index is 0.529. The molecular weight excluding hydrogens is 292 g/mol. The molecule has 2 N–H and O–H groups in total. The van der Waals surface area contributed by atoms with Gasteiger partial charge in [-0.05, 0) is 25.1 Å². The van der Waals surface area contributed by atoms with Gasteiger partial charge in [0.25, 0.3) is 0 Å². The molecule has 0 saturated carbocycles. The number of hydrogen-bond acceptors (Lipinski definition) is 6. The Labute approximate surface area is 128 Å². The van der Waals surface area contributed by atoms with Gasteiger partial charge in [0.2, 0.25) is 5.75 Å². The largest absolute Gasteiger partial charge is 0.495 e. The summed E-state index contributed by atoms with van der Waals surface area (Å²) >= 11 is 6.02. The summed E-state index contributed by atoms with van der Waals surface area (Å²) in [6, 6.07) is 5.30. The molecule has 0 atom stereocenters. The van der Waals surface area contributed by atoms with Crippen molar-refractivity contribution in [3.63, 3.8) is 0 Å². The minimum Gasteiger partial charge on any atom is -0.495 e. The lowest BCUT2D eigenvalue weighted by molar-refractivity contribution is 0.413. The van der Waals surface area contributed by atoms with Gasteiger partial charge >= 0.3 is 0 Å². The third-order valence-corrected chi connectivity index (χ3v) is 3.00. The van der Waals surface area contributed by atoms with E-state index >= 15 is 0 Å². The van der Waals surface area contributed by atoms with Crippen LogP contribution in [-0.4, -0.2) is 30.7 Å². The highest BCUT2D eigenvalue weighted by Crippen LogP contribution is 2.35. The molecule has 6 nitrogen and oxygen atoms in total. The van der Waals surface area contributed by atoms with Crippen LogP contribution in [0.3, 0.4) is 0 Å². The number of methoxy groups -OCH3 is 2. The van der Waals surface area contributed by atoms with Crippen molar-refractivity contribution in [3.8, 4) is 11.5 Å². The molecule has 1 aromatic heterocycles. The first-order chi connectivity index (χ1) is 10.2. The Kier molecular flexibility index (Phi) is 5.05. The van der Waals surface area contributed by atoms with E-state index in [2.05, 4.69) is 20.6 Å². The molecule has 0 aliphatic heterocycles. The summed E-state index contributed by atoms with van der Waals surface area (Å²) in [5.41, 5.74) is 0.699. The smallest absolute Gasteiger partial charge is 0.204 e. The molecule has 112 valence electrons. The van der Waals surface area contributed by atoms with Gasteiger partial charge in [0.1, 0.15) is 12.1 Å². The molecule has 0 saturated heterocycles. The van der Waals surface area contributed by atoms with Crippen molar-refractivity contribution in [3.05, 3.63) is 29.5 Å². The lowest BCUT2D eigenvalue weighted by Gasteiger charge is -2.15. The maximum absolute atomic E-state index is 6.02. The van der Waals surface area contributed by atoms with Gasteiger partial charge in [0.15, 0.2) is 11.6 Å². The number of hydrogen-bond donors (Lipinski definition) is 2. The lowest BCUT2D eigenvalue weighted by atomic mass is 10.3. The highest BCUT2D eigenvalue weighted by molar-refractivity contribution is 6.31. The number of nitrogens with one attached hydrogen (secondary N) is 2. The van der Waals surface area contributed by atoms with Gasteiger partial charge in [0.05, 0.1) is 19.9 Å². The monoisotopic (exact) mass is 308 g/mol. The second kappa shape index (κ2) is 6.99. The van der Waals surface area contributed by atoms with E-state index in [1.165, 1.54) is 6.33 Å². The molecule has 1 aromatic carbocycles. The first kappa shape index (κ1) is 15.2. The Balaban J connectivity index is 2.39. The zero-order valence-corrected chi connectivity index (χ0v) is 12.9. The molecule has 0 spiro atoms. The van der Waals surface area contributed by atoms with Crippen LogP contribution in [0.5, 0.6) is 11.5 Å². The van der Waals surface area contributed by atoms with Crippen LogP contribution in [0, 0.1) is 0 Å². The highest BCUT2D eigenvalue weighted by Gasteiger charge is 2.13. The molecule has 7 heteroatoms. The third-order valence-electron chi connectivity index (χ3n) is 2.77. The van der Waals surface area contributed by atoms with Gasteiger partial charge < -0.3 is 20.1 Å². The molecule has 0 unspecified atom stereocenters. The number of nitrogens with zero attached hydrogens (tertiary/aromatic N) is 2. The average Bonchev–Trinajstić information content (AvgIpc) is 2.48. The molecule has 0 fully saturated rings. The van der Waals surface area contributed by atoms with Crippen LogP contribution in [0.15, 0.2) is 24.5 Å². The van der Waals surface area contributed by atoms with Gasteiger partial charge in [0, 0.05) is 11.6 Å². The van der Waals surface area contributed by atoms with Crippen LogP contribution < -0.4 is 20.1 Å². The fourth-order valence-electron chi connectivity index (χ4n) is 1.85. The Morgan fingerprint density at radius 1 is 1.14 bits per heavy atom. The first-order valence-corrected chi connectivity index (χ1v) is 6.80. The van der Waals surface area contributed by atoms with Crippen molar-refractivity contribution < 1.29 is 9.47 Å². The summed E-state index contributed by atoms with van der Waals surface area (Å²) in [4.78, 5) is 8.36. The van der Waals surface area contributed by atoms with E-state index in [0.717, 1.165) is 6.54 Å². The van der Waals surface area contributed by atoms with E-state index in [0.29, 0.717) is 33.8 Å². The van der Waals surface area contributed by atoms with E-state index in [4.69, 9.17) is 21.1 Å². The first-order valence-electron chi connectivity index (χ1n) is 6.43. The fourth-order valence-corrected chi connectivity index (χ4v) is 2.03. The van der Waals surface area contributed by atoms with E-state index in [1.54, 1.807) is 32.4 Å². The van der Waals surface area contributed by atoms with E-state index in [1.807, 2.05) is 6.92 Å². The molecule has 0 bridgehead atoms. The van der Waals surface area contributed by atoms with Gasteiger partial charge in [-0.3, -0.25) is 0 Å². The lowest BCUT2D eigenvalue weighted by Crippen LogP contribution is -2.06. The van der Waals surface area contributed by atoms with Crippen LogP contribution >= 0.6 is 11.6 Å². The van der Waals surface area contributed by atoms with Crippen LogP contribution in [-0.2, 0) is 0 Å². The molecule has 0 aliphatic carbocycles. The second-order valence-electron chi connectivity index (χ2n) is 4.10. The van der Waals surface area contributed by atoms with Gasteiger partial charge in [-0.2, -0.15) is 0 Å². The number of aromatic nitrogens is 2. The Hall–Kier alpha value is -2.21. The summed E-state index contributed by atoms with van der Waals surface area (Å²) in [7, 11) is 3.16. The zero-order valence-electron chi connectivity index (χ0n) is 12.1. The zero-order chi connectivity index (χ0) is 15.2. The number of rotatable bonds is 6. The van der Waals surface area contributed by atoms with Crippen molar-refractivity contribution in [2.75, 3.05) is 31.4 Å². The number of anilines is 3. The summed E-state index contributed by atoms with van der Waals surface area (Å²) in [6.07, 6.45) is 1.46. The summed E-state index contributed by atoms with van der Waals surface area (Å²) < 4.78 is 10.7. The summed E-state index contributed by atoms with van der Waals surface area (Å²) in [5.74, 6) is 2.34. The Morgan fingerprint density at radius 2 is 1.90 bits per heavy atom. The van der Waals surface area contributed by atoms with Gasteiger partial charge in [-0.25, -0.2) is 9.97 Å². The van der Waals surface area contributed by atoms with E-state index in [9.17, 15) is 0 Å². The SMILES string of the molecule is CCNc1ncnc(Nc2cc(Cl)ccc2OC)c1OC. The van der Waals surface area contributed by atoms with Crippen molar-refractivity contribution in [2.45, 2.75) is 6.92 Å². The molecule has 2 rings (SSSR count). The predicted molar refractivity (Wildman–Crippen MR) is 84.0 cm³/mol. The van der Waals surface area contributed by atoms with Crippen molar-refractivity contribution in [1.82, 2.24) is 9.97 Å². The minimum atomic E-state index is 0.529. The Morgan fingerprint density at radius 3 is 2.57 bits per heavy atom. The molecule has 21 heavy (non-hydrogen) atoms. The molecule has 2 aromatic rings. The normalized spacial score (nSPS) is 10.1. The van der Waals surface area contributed by atoms with Crippen LogP contribution in [0.1, 0.15) is 6.92 Å². The summed E-state index contributed by atoms with van der Waals surface area (Å²) in [6.45, 7) is 2.71. The molecule has 1 heterocycles. The second-order valence-corrected chi connectivity index (χ2v) is 4.54. The predicted octanol–water partition coefficient (Wildman–Crippen LogP) is 3.32. The number of halogens is 1. The van der Waals surface area contributed by atoms with Crippen molar-refractivity contribution in [1.29, 1.82) is 0 Å². The van der Waals surface area contributed by atoms with Crippen molar-refractivity contribution >= 4 is 28.9 Å². The van der Waals surface area contributed by atoms with E-state index in [-0.39, 0.29) is 0 Å². The number of ether oxygens (including phenoxy) is 2. The van der Waals surface area contributed by atoms with Gasteiger partial charge in [-0.15, -0.1) is 0 Å². The van der Waals surface area contributed by atoms with Gasteiger partial charge in [-0.1, -0.05) is 11.6 Å². The fraction of sp³-hybridized carbons (Fsp3) is 0.286. The average molecular weight is 309 g/mol.